The first-order chi connectivity index (χ1) is 11.3. The highest BCUT2D eigenvalue weighted by molar-refractivity contribution is 5.55. The molecule has 1 heterocycles. The summed E-state index contributed by atoms with van der Waals surface area (Å²) in [4.78, 5) is 11.3. The zero-order chi connectivity index (χ0) is 16.8. The van der Waals surface area contributed by atoms with Crippen LogP contribution >= 0.6 is 0 Å². The Bertz CT molecular complexity index is 277. The zero-order valence-electron chi connectivity index (χ0n) is 15.7. The summed E-state index contributed by atoms with van der Waals surface area (Å²) in [6.07, 6.45) is 20.9. The first-order valence-electron chi connectivity index (χ1n) is 10.4. The lowest BCUT2D eigenvalue weighted by atomic mass is 9.95. The van der Waals surface area contributed by atoms with Crippen LogP contribution in [0.5, 0.6) is 0 Å². The van der Waals surface area contributed by atoms with Gasteiger partial charge in [0.2, 0.25) is 0 Å². The normalized spacial score (nSPS) is 24.2. The third-order valence-corrected chi connectivity index (χ3v) is 5.28. The van der Waals surface area contributed by atoms with Crippen LogP contribution in [0.2, 0.25) is 0 Å². The predicted octanol–water partition coefficient (Wildman–Crippen LogP) is 6.46. The summed E-state index contributed by atoms with van der Waals surface area (Å²) in [5, 5.41) is 0. The molecule has 1 saturated heterocycles. The van der Waals surface area contributed by atoms with E-state index >= 15 is 0 Å². The molecule has 136 valence electrons. The van der Waals surface area contributed by atoms with Gasteiger partial charge < -0.3 is 9.53 Å². The molecule has 23 heavy (non-hydrogen) atoms. The average Bonchev–Trinajstić information content (AvgIpc) is 2.96. The van der Waals surface area contributed by atoms with E-state index in [2.05, 4.69) is 13.8 Å². The van der Waals surface area contributed by atoms with Gasteiger partial charge in [-0.15, -0.1) is 0 Å². The summed E-state index contributed by atoms with van der Waals surface area (Å²) in [5.41, 5.74) is 0. The van der Waals surface area contributed by atoms with E-state index in [1.54, 1.807) is 0 Å². The molecule has 0 bridgehead atoms. The van der Waals surface area contributed by atoms with E-state index in [-0.39, 0.29) is 12.0 Å². The lowest BCUT2D eigenvalue weighted by molar-refractivity contribution is -0.112. The Morgan fingerprint density at radius 2 is 1.30 bits per heavy atom. The van der Waals surface area contributed by atoms with Gasteiger partial charge in [-0.3, -0.25) is 0 Å². The lowest BCUT2D eigenvalue weighted by Crippen LogP contribution is -2.17. The Morgan fingerprint density at radius 1 is 0.783 bits per heavy atom. The van der Waals surface area contributed by atoms with Crippen LogP contribution in [0.1, 0.15) is 110 Å². The third-order valence-electron chi connectivity index (χ3n) is 5.28. The number of carbonyl (C=O) groups excluding carboxylic acids is 1. The molecule has 2 heteroatoms. The van der Waals surface area contributed by atoms with Crippen LogP contribution in [0.3, 0.4) is 0 Å². The molecule has 1 rings (SSSR count). The van der Waals surface area contributed by atoms with Gasteiger partial charge in [0.15, 0.2) is 0 Å². The molecular formula is C21H40O2. The van der Waals surface area contributed by atoms with E-state index in [4.69, 9.17) is 4.74 Å². The Labute approximate surface area is 144 Å². The second-order valence-corrected chi connectivity index (χ2v) is 7.45. The molecule has 1 fully saturated rings. The number of ether oxygens (including phenoxy) is 1. The van der Waals surface area contributed by atoms with Crippen molar-refractivity contribution in [3.05, 3.63) is 0 Å². The predicted molar refractivity (Wildman–Crippen MR) is 98.8 cm³/mol. The Morgan fingerprint density at radius 3 is 1.91 bits per heavy atom. The van der Waals surface area contributed by atoms with Gasteiger partial charge in [0, 0.05) is 5.92 Å². The van der Waals surface area contributed by atoms with Crippen LogP contribution < -0.4 is 0 Å². The monoisotopic (exact) mass is 324 g/mol. The van der Waals surface area contributed by atoms with Gasteiger partial charge in [0.25, 0.3) is 0 Å². The molecule has 3 atom stereocenters. The highest BCUT2D eigenvalue weighted by Gasteiger charge is 2.33. The van der Waals surface area contributed by atoms with Crippen molar-refractivity contribution in [2.75, 3.05) is 0 Å². The Hall–Kier alpha value is -0.370. The van der Waals surface area contributed by atoms with E-state index in [0.29, 0.717) is 6.10 Å². The van der Waals surface area contributed by atoms with Crippen LogP contribution in [0.25, 0.3) is 0 Å². The molecule has 0 spiro atoms. The summed E-state index contributed by atoms with van der Waals surface area (Å²) in [7, 11) is 0. The topological polar surface area (TPSA) is 26.3 Å². The number of carbonyl (C=O) groups is 1. The zero-order valence-corrected chi connectivity index (χ0v) is 15.7. The maximum atomic E-state index is 11.3. The summed E-state index contributed by atoms with van der Waals surface area (Å²) < 4.78 is 6.15. The minimum Gasteiger partial charge on any atom is -0.374 e. The molecule has 0 radical (unpaired) electrons. The van der Waals surface area contributed by atoms with Crippen LogP contribution in [-0.4, -0.2) is 18.5 Å². The van der Waals surface area contributed by atoms with Gasteiger partial charge in [-0.1, -0.05) is 90.9 Å². The Kier molecular flexibility index (Phi) is 12.6. The Balaban J connectivity index is 2.03. The van der Waals surface area contributed by atoms with Gasteiger partial charge in [-0.2, -0.15) is 0 Å². The van der Waals surface area contributed by atoms with Crippen LogP contribution in [0, 0.1) is 5.92 Å². The molecule has 0 saturated carbocycles. The molecule has 2 nitrogen and oxygen atoms in total. The number of aldehydes is 1. The summed E-state index contributed by atoms with van der Waals surface area (Å²) in [6, 6.07) is 0. The average molecular weight is 325 g/mol. The van der Waals surface area contributed by atoms with Gasteiger partial charge in [-0.25, -0.2) is 0 Å². The molecule has 0 aliphatic carbocycles. The summed E-state index contributed by atoms with van der Waals surface area (Å²) >= 11 is 0. The van der Waals surface area contributed by atoms with Gasteiger partial charge in [-0.05, 0) is 19.3 Å². The van der Waals surface area contributed by atoms with Crippen molar-refractivity contribution in [2.24, 2.45) is 5.92 Å². The van der Waals surface area contributed by atoms with Gasteiger partial charge in [0.1, 0.15) is 6.29 Å². The number of unbranched alkanes of at least 4 members (excludes halogenated alkanes) is 10. The third kappa shape index (κ3) is 9.49. The molecule has 0 aromatic heterocycles. The molecule has 0 N–H and O–H groups in total. The second kappa shape index (κ2) is 14.0. The molecule has 1 aliphatic heterocycles. The fourth-order valence-corrected chi connectivity index (χ4v) is 3.75. The summed E-state index contributed by atoms with van der Waals surface area (Å²) in [6.45, 7) is 4.50. The smallest absolute Gasteiger partial charge is 0.125 e. The SMILES string of the molecule is CCCCCCCCCCC[C@@H]1O[C@H](CCCCC)C[C@H]1C=O. The van der Waals surface area contributed by atoms with E-state index in [9.17, 15) is 4.79 Å². The molecule has 1 aliphatic rings. The molecule has 0 unspecified atom stereocenters. The quantitative estimate of drug-likeness (QED) is 0.255. The van der Waals surface area contributed by atoms with Gasteiger partial charge in [0.05, 0.1) is 12.2 Å². The van der Waals surface area contributed by atoms with Crippen molar-refractivity contribution in [1.82, 2.24) is 0 Å². The second-order valence-electron chi connectivity index (χ2n) is 7.45. The fraction of sp³-hybridized carbons (Fsp3) is 0.952. The lowest BCUT2D eigenvalue weighted by Gasteiger charge is -2.15. The van der Waals surface area contributed by atoms with Crippen LogP contribution in [0.15, 0.2) is 0 Å². The van der Waals surface area contributed by atoms with Crippen molar-refractivity contribution in [2.45, 2.75) is 122 Å². The highest BCUT2D eigenvalue weighted by Crippen LogP contribution is 2.31. The maximum absolute atomic E-state index is 11.3. The standard InChI is InChI=1S/C21H40O2/c1-3-5-7-8-9-10-11-12-14-16-21-19(18-22)17-20(23-21)15-13-6-4-2/h18-21H,3-17H2,1-2H3/t19-,20+,21-/m0/s1. The van der Waals surface area contributed by atoms with Crippen LogP contribution in [0.4, 0.5) is 0 Å². The first kappa shape index (κ1) is 20.7. The number of hydrogen-bond acceptors (Lipinski definition) is 2. The number of rotatable bonds is 15. The van der Waals surface area contributed by atoms with Crippen molar-refractivity contribution >= 4 is 6.29 Å². The van der Waals surface area contributed by atoms with E-state index in [0.717, 1.165) is 25.5 Å². The van der Waals surface area contributed by atoms with Crippen molar-refractivity contribution in [1.29, 1.82) is 0 Å². The minimum absolute atomic E-state index is 0.163. The molecule has 0 aromatic rings. The number of hydrogen-bond donors (Lipinski definition) is 0. The molecule has 0 aromatic carbocycles. The fourth-order valence-electron chi connectivity index (χ4n) is 3.75. The van der Waals surface area contributed by atoms with Crippen molar-refractivity contribution < 1.29 is 9.53 Å². The van der Waals surface area contributed by atoms with Crippen molar-refractivity contribution in [3.63, 3.8) is 0 Å². The first-order valence-corrected chi connectivity index (χ1v) is 10.4. The van der Waals surface area contributed by atoms with E-state index in [1.807, 2.05) is 0 Å². The van der Waals surface area contributed by atoms with Gasteiger partial charge >= 0.3 is 0 Å². The van der Waals surface area contributed by atoms with E-state index < -0.39 is 0 Å². The van der Waals surface area contributed by atoms with Crippen LogP contribution in [-0.2, 0) is 9.53 Å². The highest BCUT2D eigenvalue weighted by atomic mass is 16.5. The summed E-state index contributed by atoms with van der Waals surface area (Å²) in [5.74, 6) is 0.163. The van der Waals surface area contributed by atoms with Crippen molar-refractivity contribution in [3.8, 4) is 0 Å². The maximum Gasteiger partial charge on any atom is 0.125 e. The molecular weight excluding hydrogens is 284 g/mol. The minimum atomic E-state index is 0.163. The van der Waals surface area contributed by atoms with E-state index in [1.165, 1.54) is 77.0 Å². The molecule has 0 amide bonds. The largest absolute Gasteiger partial charge is 0.374 e.